The molecule has 0 unspecified atom stereocenters. The molecule has 0 saturated carbocycles. The van der Waals surface area contributed by atoms with Gasteiger partial charge in [0.2, 0.25) is 0 Å². The number of hydrogen-bond donors (Lipinski definition) is 1. The van der Waals surface area contributed by atoms with Crippen molar-refractivity contribution < 1.29 is 19.0 Å². The monoisotopic (exact) mass is 237 g/mol. The molecule has 2 N–H and O–H groups in total. The van der Waals surface area contributed by atoms with Crippen molar-refractivity contribution in [3.8, 4) is 11.5 Å². The van der Waals surface area contributed by atoms with E-state index in [2.05, 4.69) is 0 Å². The van der Waals surface area contributed by atoms with E-state index < -0.39 is 5.97 Å². The van der Waals surface area contributed by atoms with Gasteiger partial charge in [-0.3, -0.25) is 0 Å². The largest absolute Gasteiger partial charge is 0.486 e. The summed E-state index contributed by atoms with van der Waals surface area (Å²) >= 11 is 0. The zero-order valence-electron chi connectivity index (χ0n) is 9.86. The van der Waals surface area contributed by atoms with Crippen molar-refractivity contribution >= 4 is 11.7 Å². The molecule has 17 heavy (non-hydrogen) atoms. The van der Waals surface area contributed by atoms with Crippen LogP contribution in [0.5, 0.6) is 11.5 Å². The van der Waals surface area contributed by atoms with Crippen LogP contribution in [0, 0.1) is 0 Å². The number of anilines is 1. The number of benzene rings is 1. The van der Waals surface area contributed by atoms with Crippen LogP contribution in [0.4, 0.5) is 5.69 Å². The standard InChI is InChI=1S/C12H15NO4/c1-7(2)17-12(14)8-3-4-9-11(10(8)13)16-6-5-15-9/h3-4,7H,5-6,13H2,1-2H3. The first-order valence-corrected chi connectivity index (χ1v) is 5.48. The molecule has 0 fully saturated rings. The second kappa shape index (κ2) is 4.53. The summed E-state index contributed by atoms with van der Waals surface area (Å²) in [6.07, 6.45) is -0.185. The number of nitrogens with two attached hydrogens (primary N) is 1. The van der Waals surface area contributed by atoms with Crippen LogP contribution in [0.2, 0.25) is 0 Å². The van der Waals surface area contributed by atoms with Crippen LogP contribution in [0.15, 0.2) is 12.1 Å². The molecule has 1 aromatic rings. The van der Waals surface area contributed by atoms with Crippen molar-refractivity contribution in [1.82, 2.24) is 0 Å². The zero-order valence-corrected chi connectivity index (χ0v) is 9.86. The van der Waals surface area contributed by atoms with Gasteiger partial charge in [0.05, 0.1) is 17.4 Å². The van der Waals surface area contributed by atoms with Crippen LogP contribution in [0.25, 0.3) is 0 Å². The summed E-state index contributed by atoms with van der Waals surface area (Å²) in [6.45, 7) is 4.49. The molecule has 5 nitrogen and oxygen atoms in total. The Labute approximate surface area is 99.5 Å². The highest BCUT2D eigenvalue weighted by Crippen LogP contribution is 2.38. The SMILES string of the molecule is CC(C)OC(=O)c1ccc2c(c1N)OCCO2. The number of ether oxygens (including phenoxy) is 3. The Morgan fingerprint density at radius 1 is 1.35 bits per heavy atom. The van der Waals surface area contributed by atoms with Gasteiger partial charge in [-0.2, -0.15) is 0 Å². The van der Waals surface area contributed by atoms with E-state index in [0.29, 0.717) is 30.3 Å². The number of hydrogen-bond acceptors (Lipinski definition) is 5. The Hall–Kier alpha value is -1.91. The smallest absolute Gasteiger partial charge is 0.340 e. The Kier molecular flexibility index (Phi) is 3.08. The van der Waals surface area contributed by atoms with Crippen molar-refractivity contribution in [3.63, 3.8) is 0 Å². The maximum absolute atomic E-state index is 11.8. The Morgan fingerprint density at radius 3 is 2.76 bits per heavy atom. The summed E-state index contributed by atoms with van der Waals surface area (Å²) < 4.78 is 15.8. The van der Waals surface area contributed by atoms with Crippen LogP contribution in [0.3, 0.4) is 0 Å². The van der Waals surface area contributed by atoms with Crippen molar-refractivity contribution in [2.75, 3.05) is 18.9 Å². The van der Waals surface area contributed by atoms with Gasteiger partial charge in [0.25, 0.3) is 0 Å². The Morgan fingerprint density at radius 2 is 2.06 bits per heavy atom. The van der Waals surface area contributed by atoms with Gasteiger partial charge < -0.3 is 19.9 Å². The predicted molar refractivity (Wildman–Crippen MR) is 62.4 cm³/mol. The third kappa shape index (κ3) is 2.27. The number of carbonyl (C=O) groups excluding carboxylic acids is 1. The lowest BCUT2D eigenvalue weighted by Gasteiger charge is -2.21. The van der Waals surface area contributed by atoms with Gasteiger partial charge in [-0.1, -0.05) is 0 Å². The molecule has 1 aliphatic heterocycles. The normalized spacial score (nSPS) is 13.6. The van der Waals surface area contributed by atoms with Crippen LogP contribution < -0.4 is 15.2 Å². The maximum atomic E-state index is 11.8. The summed E-state index contributed by atoms with van der Waals surface area (Å²) in [4.78, 5) is 11.8. The minimum Gasteiger partial charge on any atom is -0.486 e. The topological polar surface area (TPSA) is 70.8 Å². The fraction of sp³-hybridized carbons (Fsp3) is 0.417. The highest BCUT2D eigenvalue weighted by molar-refractivity contribution is 5.97. The summed E-state index contributed by atoms with van der Waals surface area (Å²) in [7, 11) is 0. The molecule has 0 aliphatic carbocycles. The second-order valence-corrected chi connectivity index (χ2v) is 4.01. The average molecular weight is 237 g/mol. The third-order valence-electron chi connectivity index (χ3n) is 2.31. The minimum atomic E-state index is -0.450. The van der Waals surface area contributed by atoms with Gasteiger partial charge in [-0.25, -0.2) is 4.79 Å². The molecule has 0 bridgehead atoms. The van der Waals surface area contributed by atoms with E-state index in [1.807, 2.05) is 0 Å². The molecule has 1 aromatic carbocycles. The molecule has 92 valence electrons. The zero-order chi connectivity index (χ0) is 12.4. The number of rotatable bonds is 2. The molecule has 0 spiro atoms. The molecule has 1 heterocycles. The van der Waals surface area contributed by atoms with E-state index in [1.165, 1.54) is 0 Å². The lowest BCUT2D eigenvalue weighted by molar-refractivity contribution is 0.0378. The molecule has 2 rings (SSSR count). The van der Waals surface area contributed by atoms with Crippen LogP contribution in [-0.4, -0.2) is 25.3 Å². The van der Waals surface area contributed by atoms with Crippen LogP contribution in [-0.2, 0) is 4.74 Å². The van der Waals surface area contributed by atoms with E-state index >= 15 is 0 Å². The molecule has 1 aliphatic rings. The molecule has 5 heteroatoms. The van der Waals surface area contributed by atoms with Gasteiger partial charge in [-0.05, 0) is 26.0 Å². The van der Waals surface area contributed by atoms with E-state index in [0.717, 1.165) is 0 Å². The molecule has 0 amide bonds. The van der Waals surface area contributed by atoms with Gasteiger partial charge >= 0.3 is 5.97 Å². The second-order valence-electron chi connectivity index (χ2n) is 4.01. The van der Waals surface area contributed by atoms with Gasteiger partial charge in [0.1, 0.15) is 13.2 Å². The maximum Gasteiger partial charge on any atom is 0.340 e. The minimum absolute atomic E-state index is 0.185. The quantitative estimate of drug-likeness (QED) is 0.625. The van der Waals surface area contributed by atoms with E-state index in [-0.39, 0.29) is 11.8 Å². The number of esters is 1. The molecular formula is C12H15NO4. The van der Waals surface area contributed by atoms with Gasteiger partial charge in [0.15, 0.2) is 11.5 Å². The highest BCUT2D eigenvalue weighted by atomic mass is 16.6. The molecule has 0 radical (unpaired) electrons. The van der Waals surface area contributed by atoms with Gasteiger partial charge in [0, 0.05) is 0 Å². The molecule has 0 aromatic heterocycles. The lowest BCUT2D eigenvalue weighted by Crippen LogP contribution is -2.19. The van der Waals surface area contributed by atoms with E-state index in [4.69, 9.17) is 19.9 Å². The van der Waals surface area contributed by atoms with Crippen molar-refractivity contribution in [3.05, 3.63) is 17.7 Å². The predicted octanol–water partition coefficient (Wildman–Crippen LogP) is 1.61. The lowest BCUT2D eigenvalue weighted by atomic mass is 10.1. The van der Waals surface area contributed by atoms with E-state index in [1.54, 1.807) is 26.0 Å². The molecular weight excluding hydrogens is 222 g/mol. The average Bonchev–Trinajstić information content (AvgIpc) is 2.28. The highest BCUT2D eigenvalue weighted by Gasteiger charge is 2.21. The molecule has 0 saturated heterocycles. The fourth-order valence-electron chi connectivity index (χ4n) is 1.59. The van der Waals surface area contributed by atoms with Crippen LogP contribution >= 0.6 is 0 Å². The summed E-state index contributed by atoms with van der Waals surface area (Å²) in [5, 5.41) is 0. The van der Waals surface area contributed by atoms with Gasteiger partial charge in [-0.15, -0.1) is 0 Å². The summed E-state index contributed by atoms with van der Waals surface area (Å²) in [6, 6.07) is 3.26. The third-order valence-corrected chi connectivity index (χ3v) is 2.31. The number of nitrogen functional groups attached to an aromatic ring is 1. The van der Waals surface area contributed by atoms with Crippen molar-refractivity contribution in [2.24, 2.45) is 0 Å². The number of fused-ring (bicyclic) bond motifs is 1. The fourth-order valence-corrected chi connectivity index (χ4v) is 1.59. The first kappa shape index (κ1) is 11.6. The van der Waals surface area contributed by atoms with Crippen molar-refractivity contribution in [2.45, 2.75) is 20.0 Å². The number of carbonyl (C=O) groups is 1. The first-order chi connectivity index (χ1) is 8.09. The summed E-state index contributed by atoms with van der Waals surface area (Å²) in [5.41, 5.74) is 6.45. The first-order valence-electron chi connectivity index (χ1n) is 5.48. The Balaban J connectivity index is 2.33. The van der Waals surface area contributed by atoms with Crippen molar-refractivity contribution in [1.29, 1.82) is 0 Å². The molecule has 0 atom stereocenters. The summed E-state index contributed by atoms with van der Waals surface area (Å²) in [5.74, 6) is 0.541. The Bertz CT molecular complexity index is 442. The van der Waals surface area contributed by atoms with Crippen LogP contribution in [0.1, 0.15) is 24.2 Å². The van der Waals surface area contributed by atoms with E-state index in [9.17, 15) is 4.79 Å².